The summed E-state index contributed by atoms with van der Waals surface area (Å²) < 4.78 is 0. The third-order valence-corrected chi connectivity index (χ3v) is 3.10. The average molecular weight is 212 g/mol. The number of hydrogen-bond donors (Lipinski definition) is 1. The predicted molar refractivity (Wildman–Crippen MR) is 62.7 cm³/mol. The molecule has 0 spiro atoms. The molecule has 0 radical (unpaired) electrons. The summed E-state index contributed by atoms with van der Waals surface area (Å²) in [6.45, 7) is 9.35. The van der Waals surface area contributed by atoms with Crippen molar-refractivity contribution in [3.05, 3.63) is 0 Å². The van der Waals surface area contributed by atoms with Crippen LogP contribution in [0.15, 0.2) is 0 Å². The van der Waals surface area contributed by atoms with Gasteiger partial charge in [0.25, 0.3) is 0 Å². The fourth-order valence-electron chi connectivity index (χ4n) is 2.10. The molecule has 0 saturated carbocycles. The van der Waals surface area contributed by atoms with Crippen LogP contribution < -0.4 is 5.32 Å². The van der Waals surface area contributed by atoms with E-state index in [1.807, 2.05) is 0 Å². The smallest absolute Gasteiger partial charge is 0.217 e. The van der Waals surface area contributed by atoms with Gasteiger partial charge < -0.3 is 10.2 Å². The molecular formula is C12H24N2O. The van der Waals surface area contributed by atoms with Gasteiger partial charge in [0, 0.05) is 19.5 Å². The van der Waals surface area contributed by atoms with Crippen LogP contribution in [-0.4, -0.2) is 36.5 Å². The summed E-state index contributed by atoms with van der Waals surface area (Å²) in [7, 11) is 0. The fourth-order valence-corrected chi connectivity index (χ4v) is 2.10. The van der Waals surface area contributed by atoms with Gasteiger partial charge in [-0.3, -0.25) is 4.79 Å². The number of amides is 1. The Hall–Kier alpha value is -0.570. The van der Waals surface area contributed by atoms with E-state index in [9.17, 15) is 4.79 Å². The molecule has 0 aromatic heterocycles. The van der Waals surface area contributed by atoms with E-state index in [1.54, 1.807) is 6.92 Å². The Morgan fingerprint density at radius 1 is 1.27 bits per heavy atom. The summed E-state index contributed by atoms with van der Waals surface area (Å²) in [5.74, 6) is 0.599. The molecule has 0 aromatic rings. The number of carbonyl (C=O) groups is 1. The molecule has 1 aliphatic rings. The normalized spacial score (nSPS) is 20.3. The Kier molecular flexibility index (Phi) is 5.09. The zero-order valence-electron chi connectivity index (χ0n) is 10.3. The van der Waals surface area contributed by atoms with Crippen molar-refractivity contribution >= 4 is 5.91 Å². The summed E-state index contributed by atoms with van der Waals surface area (Å²) in [5, 5.41) is 3.05. The SMILES string of the molecule is CC(=O)NC(CN1CCCCC1)C(C)C. The van der Waals surface area contributed by atoms with Crippen molar-refractivity contribution in [1.82, 2.24) is 10.2 Å². The van der Waals surface area contributed by atoms with E-state index < -0.39 is 0 Å². The van der Waals surface area contributed by atoms with Gasteiger partial charge in [-0.2, -0.15) is 0 Å². The van der Waals surface area contributed by atoms with Gasteiger partial charge in [0.1, 0.15) is 0 Å². The third kappa shape index (κ3) is 4.65. The van der Waals surface area contributed by atoms with E-state index in [0.29, 0.717) is 12.0 Å². The van der Waals surface area contributed by atoms with E-state index in [4.69, 9.17) is 0 Å². The Morgan fingerprint density at radius 3 is 2.33 bits per heavy atom. The van der Waals surface area contributed by atoms with Crippen LogP contribution in [0.4, 0.5) is 0 Å². The van der Waals surface area contributed by atoms with Crippen molar-refractivity contribution in [3.63, 3.8) is 0 Å². The Morgan fingerprint density at radius 2 is 1.87 bits per heavy atom. The lowest BCUT2D eigenvalue weighted by atomic mass is 10.0. The van der Waals surface area contributed by atoms with Crippen molar-refractivity contribution in [2.75, 3.05) is 19.6 Å². The molecule has 1 rings (SSSR count). The van der Waals surface area contributed by atoms with Gasteiger partial charge in [0.05, 0.1) is 0 Å². The second-order valence-electron chi connectivity index (χ2n) is 4.91. The van der Waals surface area contributed by atoms with Gasteiger partial charge in [0.2, 0.25) is 5.91 Å². The van der Waals surface area contributed by atoms with Crippen molar-refractivity contribution in [3.8, 4) is 0 Å². The summed E-state index contributed by atoms with van der Waals surface area (Å²) in [6.07, 6.45) is 3.98. The summed E-state index contributed by atoms with van der Waals surface area (Å²) in [5.41, 5.74) is 0. The van der Waals surface area contributed by atoms with E-state index in [0.717, 1.165) is 6.54 Å². The van der Waals surface area contributed by atoms with Crippen LogP contribution in [0.1, 0.15) is 40.0 Å². The maximum Gasteiger partial charge on any atom is 0.217 e. The standard InChI is InChI=1S/C12H24N2O/c1-10(2)12(13-11(3)15)9-14-7-5-4-6-8-14/h10,12H,4-9H2,1-3H3,(H,13,15). The molecule has 1 fully saturated rings. The highest BCUT2D eigenvalue weighted by Gasteiger charge is 2.19. The molecule has 0 bridgehead atoms. The lowest BCUT2D eigenvalue weighted by Gasteiger charge is -2.32. The first kappa shape index (κ1) is 12.5. The van der Waals surface area contributed by atoms with Gasteiger partial charge in [0.15, 0.2) is 0 Å². The monoisotopic (exact) mass is 212 g/mol. The van der Waals surface area contributed by atoms with Crippen LogP contribution in [-0.2, 0) is 4.79 Å². The summed E-state index contributed by atoms with van der Waals surface area (Å²) >= 11 is 0. The molecular weight excluding hydrogens is 188 g/mol. The van der Waals surface area contributed by atoms with Crippen LogP contribution in [0.25, 0.3) is 0 Å². The molecule has 0 aromatic carbocycles. The van der Waals surface area contributed by atoms with Crippen molar-refractivity contribution < 1.29 is 4.79 Å². The zero-order chi connectivity index (χ0) is 11.3. The molecule has 1 saturated heterocycles. The first-order chi connectivity index (χ1) is 7.09. The lowest BCUT2D eigenvalue weighted by molar-refractivity contribution is -0.120. The first-order valence-electron chi connectivity index (χ1n) is 6.09. The number of rotatable bonds is 4. The molecule has 1 heterocycles. The molecule has 0 aliphatic carbocycles. The highest BCUT2D eigenvalue weighted by molar-refractivity contribution is 5.73. The molecule has 1 atom stereocenters. The third-order valence-electron chi connectivity index (χ3n) is 3.10. The highest BCUT2D eigenvalue weighted by atomic mass is 16.1. The Labute approximate surface area is 93.2 Å². The number of carbonyl (C=O) groups excluding carboxylic acids is 1. The molecule has 1 aliphatic heterocycles. The van der Waals surface area contributed by atoms with E-state index in [-0.39, 0.29) is 5.91 Å². The van der Waals surface area contributed by atoms with Crippen LogP contribution in [0, 0.1) is 5.92 Å². The number of piperidine rings is 1. The van der Waals surface area contributed by atoms with E-state index >= 15 is 0 Å². The zero-order valence-corrected chi connectivity index (χ0v) is 10.3. The quantitative estimate of drug-likeness (QED) is 0.768. The summed E-state index contributed by atoms with van der Waals surface area (Å²) in [6, 6.07) is 0.306. The first-order valence-corrected chi connectivity index (χ1v) is 6.09. The maximum absolute atomic E-state index is 11.1. The topological polar surface area (TPSA) is 32.3 Å². The minimum atomic E-state index is 0.0886. The van der Waals surface area contributed by atoms with Crippen LogP contribution in [0.5, 0.6) is 0 Å². The number of likely N-dealkylation sites (tertiary alicyclic amines) is 1. The van der Waals surface area contributed by atoms with Crippen molar-refractivity contribution in [2.45, 2.75) is 46.1 Å². The van der Waals surface area contributed by atoms with Gasteiger partial charge in [-0.25, -0.2) is 0 Å². The fraction of sp³-hybridized carbons (Fsp3) is 0.917. The maximum atomic E-state index is 11.1. The predicted octanol–water partition coefficient (Wildman–Crippen LogP) is 1.63. The highest BCUT2D eigenvalue weighted by Crippen LogP contribution is 2.11. The second kappa shape index (κ2) is 6.11. The van der Waals surface area contributed by atoms with Crippen LogP contribution in [0.3, 0.4) is 0 Å². The van der Waals surface area contributed by atoms with Crippen molar-refractivity contribution in [2.24, 2.45) is 5.92 Å². The average Bonchev–Trinajstić information content (AvgIpc) is 2.17. The lowest BCUT2D eigenvalue weighted by Crippen LogP contribution is -2.47. The van der Waals surface area contributed by atoms with Crippen molar-refractivity contribution in [1.29, 1.82) is 0 Å². The van der Waals surface area contributed by atoms with Crippen LogP contribution >= 0.6 is 0 Å². The molecule has 3 nitrogen and oxygen atoms in total. The Bertz CT molecular complexity index is 198. The van der Waals surface area contributed by atoms with Gasteiger partial charge >= 0.3 is 0 Å². The van der Waals surface area contributed by atoms with Crippen LogP contribution in [0.2, 0.25) is 0 Å². The minimum Gasteiger partial charge on any atom is -0.352 e. The Balaban J connectivity index is 2.38. The van der Waals surface area contributed by atoms with Gasteiger partial charge in [-0.05, 0) is 31.8 Å². The molecule has 3 heteroatoms. The molecule has 1 N–H and O–H groups in total. The largest absolute Gasteiger partial charge is 0.352 e. The number of nitrogens with one attached hydrogen (secondary N) is 1. The van der Waals surface area contributed by atoms with Gasteiger partial charge in [-0.1, -0.05) is 20.3 Å². The molecule has 88 valence electrons. The second-order valence-corrected chi connectivity index (χ2v) is 4.91. The minimum absolute atomic E-state index is 0.0886. The molecule has 1 amide bonds. The number of hydrogen-bond acceptors (Lipinski definition) is 2. The van der Waals surface area contributed by atoms with E-state index in [1.165, 1.54) is 32.4 Å². The molecule has 15 heavy (non-hydrogen) atoms. The number of nitrogens with zero attached hydrogens (tertiary/aromatic N) is 1. The van der Waals surface area contributed by atoms with E-state index in [2.05, 4.69) is 24.1 Å². The molecule has 1 unspecified atom stereocenters. The van der Waals surface area contributed by atoms with Gasteiger partial charge in [-0.15, -0.1) is 0 Å². The summed E-state index contributed by atoms with van der Waals surface area (Å²) in [4.78, 5) is 13.5.